The van der Waals surface area contributed by atoms with E-state index in [1.165, 1.54) is 64.2 Å². The highest BCUT2D eigenvalue weighted by molar-refractivity contribution is 5.35. The normalized spacial score (nSPS) is 47.4. The van der Waals surface area contributed by atoms with E-state index in [4.69, 9.17) is 12.2 Å². The molecule has 4 aliphatic rings. The molecule has 4 aliphatic carbocycles. The van der Waals surface area contributed by atoms with Crippen molar-refractivity contribution in [3.63, 3.8) is 0 Å². The third-order valence-electron chi connectivity index (χ3n) is 10.5. The minimum atomic E-state index is 0.0281. The Bertz CT molecular complexity index is 685. The maximum atomic E-state index is 7.38. The van der Waals surface area contributed by atoms with E-state index < -0.39 is 0 Å². The molecule has 0 aromatic carbocycles. The standard InChI is InChI=1S/C28H45N/c1-6-8-9-10-21(4)23-13-14-25-24-12-11-22-19-20(3)15-16-26(22,5)27(24,7-2)17-18-28(23,25)29/h2,11,20-21,23-25H,6,8-10,12-19,29H2,1,3-5H3/t20-,21+,23+,24-,25-,26-,27-,28-/m0/s1. The molecule has 3 fully saturated rings. The zero-order chi connectivity index (χ0) is 20.9. The van der Waals surface area contributed by atoms with Crippen LogP contribution in [-0.2, 0) is 0 Å². The van der Waals surface area contributed by atoms with Crippen LogP contribution >= 0.6 is 0 Å². The number of fused-ring (bicyclic) bond motifs is 5. The third-order valence-corrected chi connectivity index (χ3v) is 10.5. The van der Waals surface area contributed by atoms with E-state index >= 15 is 0 Å². The Balaban J connectivity index is 1.62. The number of hydrogen-bond donors (Lipinski definition) is 1. The maximum Gasteiger partial charge on any atom is 0.0437 e. The number of rotatable bonds is 5. The molecule has 0 radical (unpaired) electrons. The number of nitrogens with two attached hydrogens (primary N) is 1. The lowest BCUT2D eigenvalue weighted by molar-refractivity contribution is -0.0638. The van der Waals surface area contributed by atoms with Gasteiger partial charge < -0.3 is 5.73 Å². The molecule has 0 amide bonds. The fraction of sp³-hybridized carbons (Fsp3) is 0.857. The summed E-state index contributed by atoms with van der Waals surface area (Å²) >= 11 is 0. The van der Waals surface area contributed by atoms with Crippen LogP contribution in [0.2, 0.25) is 0 Å². The van der Waals surface area contributed by atoms with Crippen molar-refractivity contribution >= 4 is 0 Å². The molecule has 1 nitrogen and oxygen atoms in total. The van der Waals surface area contributed by atoms with E-state index in [0.717, 1.165) is 24.7 Å². The van der Waals surface area contributed by atoms with Crippen molar-refractivity contribution in [3.05, 3.63) is 11.6 Å². The van der Waals surface area contributed by atoms with Crippen LogP contribution in [0.4, 0.5) is 0 Å². The van der Waals surface area contributed by atoms with Gasteiger partial charge in [0.25, 0.3) is 0 Å². The number of terminal acetylenes is 1. The molecule has 0 saturated heterocycles. The zero-order valence-corrected chi connectivity index (χ0v) is 19.6. The van der Waals surface area contributed by atoms with Crippen LogP contribution in [-0.4, -0.2) is 5.54 Å². The largest absolute Gasteiger partial charge is 0.325 e. The second kappa shape index (κ2) is 7.75. The predicted octanol–water partition coefficient (Wildman–Crippen LogP) is 7.11. The lowest BCUT2D eigenvalue weighted by atomic mass is 9.41. The summed E-state index contributed by atoms with van der Waals surface area (Å²) in [4.78, 5) is 0. The Morgan fingerprint density at radius 2 is 1.97 bits per heavy atom. The van der Waals surface area contributed by atoms with Crippen molar-refractivity contribution in [2.45, 2.75) is 110 Å². The van der Waals surface area contributed by atoms with Crippen molar-refractivity contribution in [2.75, 3.05) is 0 Å². The Morgan fingerprint density at radius 3 is 2.69 bits per heavy atom. The molecule has 0 aromatic rings. The molecule has 0 aliphatic heterocycles. The van der Waals surface area contributed by atoms with Crippen LogP contribution in [0.3, 0.4) is 0 Å². The highest BCUT2D eigenvalue weighted by atomic mass is 14.9. The van der Waals surface area contributed by atoms with Gasteiger partial charge in [-0.3, -0.25) is 0 Å². The van der Waals surface area contributed by atoms with Gasteiger partial charge in [0, 0.05) is 16.4 Å². The predicted molar refractivity (Wildman–Crippen MR) is 124 cm³/mol. The minimum absolute atomic E-state index is 0.0281. The fourth-order valence-electron chi connectivity index (χ4n) is 8.67. The first-order chi connectivity index (χ1) is 13.8. The summed E-state index contributed by atoms with van der Waals surface area (Å²) in [5.41, 5.74) is 9.36. The van der Waals surface area contributed by atoms with Crippen LogP contribution in [0.25, 0.3) is 0 Å². The summed E-state index contributed by atoms with van der Waals surface area (Å²) in [5.74, 6) is 6.99. The molecule has 29 heavy (non-hydrogen) atoms. The van der Waals surface area contributed by atoms with Crippen LogP contribution < -0.4 is 5.73 Å². The summed E-state index contributed by atoms with van der Waals surface area (Å²) in [6, 6.07) is 0. The summed E-state index contributed by atoms with van der Waals surface area (Å²) in [5, 5.41) is 0. The average molecular weight is 396 g/mol. The first kappa shape index (κ1) is 21.5. The van der Waals surface area contributed by atoms with E-state index in [2.05, 4.69) is 39.7 Å². The molecule has 0 spiro atoms. The molecule has 162 valence electrons. The highest BCUT2D eigenvalue weighted by Gasteiger charge is 2.65. The Labute approximate surface area is 180 Å². The van der Waals surface area contributed by atoms with Crippen LogP contribution in [0.15, 0.2) is 11.6 Å². The molecule has 0 bridgehead atoms. The van der Waals surface area contributed by atoms with E-state index in [0.29, 0.717) is 17.8 Å². The summed E-state index contributed by atoms with van der Waals surface area (Å²) in [6.45, 7) is 9.74. The first-order valence-corrected chi connectivity index (χ1v) is 12.8. The molecule has 8 atom stereocenters. The van der Waals surface area contributed by atoms with Crippen molar-refractivity contribution in [1.29, 1.82) is 0 Å². The van der Waals surface area contributed by atoms with E-state index in [-0.39, 0.29) is 16.4 Å². The Morgan fingerprint density at radius 1 is 1.17 bits per heavy atom. The van der Waals surface area contributed by atoms with Gasteiger partial charge in [-0.25, -0.2) is 0 Å². The molecule has 1 heteroatoms. The summed E-state index contributed by atoms with van der Waals surface area (Å²) < 4.78 is 0. The lowest BCUT2D eigenvalue weighted by Crippen LogP contribution is -2.63. The van der Waals surface area contributed by atoms with Gasteiger partial charge >= 0.3 is 0 Å². The topological polar surface area (TPSA) is 26.0 Å². The van der Waals surface area contributed by atoms with E-state index in [9.17, 15) is 0 Å². The van der Waals surface area contributed by atoms with Gasteiger partial charge in [-0.2, -0.15) is 0 Å². The van der Waals surface area contributed by atoms with Crippen molar-refractivity contribution in [1.82, 2.24) is 0 Å². The summed E-state index contributed by atoms with van der Waals surface area (Å²) in [6.07, 6.45) is 24.5. The third kappa shape index (κ3) is 3.07. The Kier molecular flexibility index (Phi) is 5.74. The van der Waals surface area contributed by atoms with Gasteiger partial charge in [-0.1, -0.05) is 70.9 Å². The summed E-state index contributed by atoms with van der Waals surface area (Å²) in [7, 11) is 0. The second-order valence-electron chi connectivity index (χ2n) is 11.7. The minimum Gasteiger partial charge on any atom is -0.325 e. The second-order valence-corrected chi connectivity index (χ2v) is 11.7. The molecule has 0 aromatic heterocycles. The first-order valence-electron chi connectivity index (χ1n) is 12.8. The monoisotopic (exact) mass is 395 g/mol. The molecule has 4 rings (SSSR count). The highest BCUT2D eigenvalue weighted by Crippen LogP contribution is 2.69. The average Bonchev–Trinajstić information content (AvgIpc) is 3.05. The van der Waals surface area contributed by atoms with Gasteiger partial charge in [0.05, 0.1) is 0 Å². The van der Waals surface area contributed by atoms with E-state index in [1.807, 2.05) is 0 Å². The van der Waals surface area contributed by atoms with Gasteiger partial charge in [0.15, 0.2) is 0 Å². The molecule has 0 unspecified atom stereocenters. The van der Waals surface area contributed by atoms with Gasteiger partial charge in [-0.15, -0.1) is 6.42 Å². The van der Waals surface area contributed by atoms with Crippen LogP contribution in [0.5, 0.6) is 0 Å². The smallest absolute Gasteiger partial charge is 0.0437 e. The molecule has 0 heterocycles. The number of unbranched alkanes of at least 4 members (excludes halogenated alkanes) is 2. The maximum absolute atomic E-state index is 7.38. The molecular formula is C28H45N. The fourth-order valence-corrected chi connectivity index (χ4v) is 8.67. The van der Waals surface area contributed by atoms with E-state index in [1.54, 1.807) is 5.57 Å². The quantitative estimate of drug-likeness (QED) is 0.299. The van der Waals surface area contributed by atoms with Crippen LogP contribution in [0.1, 0.15) is 105 Å². The zero-order valence-electron chi connectivity index (χ0n) is 19.6. The lowest BCUT2D eigenvalue weighted by Gasteiger charge is -2.63. The van der Waals surface area contributed by atoms with Crippen molar-refractivity contribution < 1.29 is 0 Å². The van der Waals surface area contributed by atoms with Gasteiger partial charge in [0.1, 0.15) is 0 Å². The SMILES string of the molecule is C#C[C@]12CC[C@]3(N)[C@@H]([C@H](C)CCCCC)CC[C@H]3[C@@H]1CC=C1C[C@@H](C)CC[C@@]12C. The molecule has 2 N–H and O–H groups in total. The van der Waals surface area contributed by atoms with Crippen LogP contribution in [0, 0.1) is 52.8 Å². The number of hydrogen-bond acceptors (Lipinski definition) is 1. The molecule has 3 saturated carbocycles. The van der Waals surface area contributed by atoms with Crippen molar-refractivity contribution in [3.8, 4) is 12.3 Å². The van der Waals surface area contributed by atoms with Gasteiger partial charge in [0.2, 0.25) is 0 Å². The van der Waals surface area contributed by atoms with Gasteiger partial charge in [-0.05, 0) is 81.0 Å². The van der Waals surface area contributed by atoms with Crippen molar-refractivity contribution in [2.24, 2.45) is 46.2 Å². The molecular weight excluding hydrogens is 350 g/mol. The number of allylic oxidation sites excluding steroid dienone is 2. The Hall–Kier alpha value is -0.740.